The summed E-state index contributed by atoms with van der Waals surface area (Å²) in [4.78, 5) is 10.9. The highest BCUT2D eigenvalue weighted by molar-refractivity contribution is 5.92. The van der Waals surface area contributed by atoms with Gasteiger partial charge < -0.3 is 32.7 Å². The zero-order chi connectivity index (χ0) is 19.4. The highest BCUT2D eigenvalue weighted by Gasteiger charge is 2.05. The summed E-state index contributed by atoms with van der Waals surface area (Å²) in [5.41, 5.74) is 21.4. The van der Waals surface area contributed by atoms with Crippen LogP contribution in [0.2, 0.25) is 0 Å². The van der Waals surface area contributed by atoms with Crippen molar-refractivity contribution < 1.29 is 0 Å². The number of nitrogens with zero attached hydrogens (tertiary/aromatic N) is 4. The van der Waals surface area contributed by atoms with Crippen LogP contribution in [-0.2, 0) is 0 Å². The molecule has 0 aromatic rings. The lowest BCUT2D eigenvalue weighted by Crippen LogP contribution is -2.36. The molecule has 0 amide bonds. The van der Waals surface area contributed by atoms with E-state index in [9.17, 15) is 0 Å². The summed E-state index contributed by atoms with van der Waals surface area (Å²) in [5, 5.41) is 14.8. The van der Waals surface area contributed by atoms with Gasteiger partial charge >= 0.3 is 0 Å². The molecule has 0 fully saturated rings. The van der Waals surface area contributed by atoms with Gasteiger partial charge in [-0.05, 0) is 25.2 Å². The van der Waals surface area contributed by atoms with Crippen LogP contribution in [0.3, 0.4) is 0 Å². The Labute approximate surface area is 149 Å². The summed E-state index contributed by atoms with van der Waals surface area (Å²) in [5.74, 6) is 0.288. The molecule has 142 valence electrons. The van der Waals surface area contributed by atoms with E-state index in [1.165, 1.54) is 0 Å². The van der Waals surface area contributed by atoms with Crippen LogP contribution in [0.15, 0.2) is 22.1 Å². The third kappa shape index (κ3) is 11.4. The summed E-state index contributed by atoms with van der Waals surface area (Å²) in [6, 6.07) is 0. The number of guanidine groups is 4. The fraction of sp³-hybridized carbons (Fsp3) is 0.600. The maximum absolute atomic E-state index is 7.69. The lowest BCUT2D eigenvalue weighted by molar-refractivity contribution is 0.447. The number of allylic oxidation sites excluding steroid dienone is 2. The van der Waals surface area contributed by atoms with Crippen LogP contribution in [0.4, 0.5) is 0 Å². The quantitative estimate of drug-likeness (QED) is 0.150. The van der Waals surface area contributed by atoms with Crippen molar-refractivity contribution in [2.75, 3.05) is 27.2 Å². The molecule has 1 atom stereocenters. The Morgan fingerprint density at radius 2 is 1.68 bits per heavy atom. The Morgan fingerprint density at radius 3 is 2.24 bits per heavy atom. The Balaban J connectivity index is 4.05. The highest BCUT2D eigenvalue weighted by atomic mass is 15.3. The van der Waals surface area contributed by atoms with E-state index in [2.05, 4.69) is 29.1 Å². The van der Waals surface area contributed by atoms with Gasteiger partial charge in [0.05, 0.1) is 0 Å². The fourth-order valence-corrected chi connectivity index (χ4v) is 1.91. The molecule has 0 aromatic heterocycles. The van der Waals surface area contributed by atoms with Crippen molar-refractivity contribution in [2.45, 2.75) is 26.2 Å². The molecule has 10 nitrogen and oxygen atoms in total. The first-order valence-corrected chi connectivity index (χ1v) is 8.08. The predicted octanol–water partition coefficient (Wildman–Crippen LogP) is -0.371. The van der Waals surface area contributed by atoms with Crippen LogP contribution in [0, 0.1) is 16.7 Å². The molecule has 0 bridgehead atoms. The van der Waals surface area contributed by atoms with E-state index in [0.29, 0.717) is 12.5 Å². The molecular weight excluding hydrogens is 320 g/mol. The third-order valence-electron chi connectivity index (χ3n) is 3.47. The van der Waals surface area contributed by atoms with Gasteiger partial charge in [0.25, 0.3) is 0 Å². The molecule has 10 N–H and O–H groups in total. The molecule has 0 radical (unpaired) electrons. The van der Waals surface area contributed by atoms with Crippen molar-refractivity contribution in [1.82, 2.24) is 9.80 Å². The predicted molar refractivity (Wildman–Crippen MR) is 104 cm³/mol. The SMILES string of the molecule is CC(/C=C\CCCN(C)C(N)=NC(=N)N)CCN(C)C(=N)N=C(N)N. The molecule has 1 unspecified atom stereocenters. The molecule has 0 saturated carbocycles. The normalized spacial score (nSPS) is 12.7. The summed E-state index contributed by atoms with van der Waals surface area (Å²) in [7, 11) is 3.60. The van der Waals surface area contributed by atoms with E-state index in [4.69, 9.17) is 33.8 Å². The first-order valence-electron chi connectivity index (χ1n) is 8.08. The molecule has 0 aliphatic heterocycles. The summed E-state index contributed by atoms with van der Waals surface area (Å²) < 4.78 is 0. The topological polar surface area (TPSA) is 183 Å². The van der Waals surface area contributed by atoms with Crippen molar-refractivity contribution in [1.29, 1.82) is 10.8 Å². The Kier molecular flexibility index (Phi) is 10.4. The number of nitrogens with one attached hydrogen (secondary N) is 2. The van der Waals surface area contributed by atoms with Crippen LogP contribution in [-0.4, -0.2) is 60.8 Å². The molecule has 0 rings (SSSR count). The second-order valence-corrected chi connectivity index (χ2v) is 5.89. The molecule has 10 heteroatoms. The molecule has 0 aliphatic carbocycles. The van der Waals surface area contributed by atoms with Gasteiger partial charge in [0.15, 0.2) is 11.9 Å². The van der Waals surface area contributed by atoms with Crippen LogP contribution in [0.25, 0.3) is 0 Å². The first kappa shape index (κ1) is 22.2. The van der Waals surface area contributed by atoms with E-state index in [0.717, 1.165) is 25.8 Å². The zero-order valence-electron chi connectivity index (χ0n) is 15.4. The third-order valence-corrected chi connectivity index (χ3v) is 3.47. The number of hydrogen-bond donors (Lipinski definition) is 6. The van der Waals surface area contributed by atoms with Gasteiger partial charge in [0.1, 0.15) is 0 Å². The maximum Gasteiger partial charge on any atom is 0.220 e. The molecule has 0 aliphatic rings. The van der Waals surface area contributed by atoms with Crippen LogP contribution in [0.1, 0.15) is 26.2 Å². The summed E-state index contributed by atoms with van der Waals surface area (Å²) in [6.45, 7) is 3.56. The van der Waals surface area contributed by atoms with E-state index < -0.39 is 0 Å². The molecule has 0 heterocycles. The number of nitrogens with two attached hydrogens (primary N) is 4. The molecule has 25 heavy (non-hydrogen) atoms. The van der Waals surface area contributed by atoms with Crippen molar-refractivity contribution in [3.8, 4) is 0 Å². The van der Waals surface area contributed by atoms with Crippen LogP contribution >= 0.6 is 0 Å². The summed E-state index contributed by atoms with van der Waals surface area (Å²) in [6.07, 6.45) is 7.03. The van der Waals surface area contributed by atoms with E-state index in [-0.39, 0.29) is 23.8 Å². The zero-order valence-corrected chi connectivity index (χ0v) is 15.4. The van der Waals surface area contributed by atoms with Gasteiger partial charge in [-0.15, -0.1) is 0 Å². The minimum atomic E-state index is -0.295. The molecule has 0 saturated heterocycles. The monoisotopic (exact) mass is 352 g/mol. The van der Waals surface area contributed by atoms with Crippen LogP contribution < -0.4 is 22.9 Å². The van der Waals surface area contributed by atoms with Crippen molar-refractivity contribution >= 4 is 23.8 Å². The van der Waals surface area contributed by atoms with E-state index in [1.807, 2.05) is 7.05 Å². The van der Waals surface area contributed by atoms with Crippen molar-refractivity contribution in [2.24, 2.45) is 38.8 Å². The van der Waals surface area contributed by atoms with Gasteiger partial charge in [-0.2, -0.15) is 9.98 Å². The van der Waals surface area contributed by atoms with Gasteiger partial charge in [-0.1, -0.05) is 19.1 Å². The smallest absolute Gasteiger partial charge is 0.220 e. The number of unbranched alkanes of at least 4 members (excludes halogenated alkanes) is 1. The van der Waals surface area contributed by atoms with Gasteiger partial charge in [-0.3, -0.25) is 10.8 Å². The Morgan fingerprint density at radius 1 is 1.04 bits per heavy atom. The average molecular weight is 352 g/mol. The van der Waals surface area contributed by atoms with Gasteiger partial charge in [-0.25, -0.2) is 0 Å². The fourth-order valence-electron chi connectivity index (χ4n) is 1.91. The first-order chi connectivity index (χ1) is 11.6. The van der Waals surface area contributed by atoms with Gasteiger partial charge in [0, 0.05) is 27.2 Å². The minimum absolute atomic E-state index is 0.0593. The second kappa shape index (κ2) is 11.7. The lowest BCUT2D eigenvalue weighted by Gasteiger charge is -2.18. The Bertz CT molecular complexity index is 518. The van der Waals surface area contributed by atoms with Crippen LogP contribution in [0.5, 0.6) is 0 Å². The minimum Gasteiger partial charge on any atom is -0.370 e. The van der Waals surface area contributed by atoms with Gasteiger partial charge in [0.2, 0.25) is 11.9 Å². The second-order valence-electron chi connectivity index (χ2n) is 5.89. The lowest BCUT2D eigenvalue weighted by atomic mass is 10.1. The van der Waals surface area contributed by atoms with Crippen molar-refractivity contribution in [3.05, 3.63) is 12.2 Å². The van der Waals surface area contributed by atoms with E-state index >= 15 is 0 Å². The van der Waals surface area contributed by atoms with E-state index in [1.54, 1.807) is 16.8 Å². The largest absolute Gasteiger partial charge is 0.370 e. The molecule has 0 spiro atoms. The summed E-state index contributed by atoms with van der Waals surface area (Å²) >= 11 is 0. The number of rotatable bonds is 8. The molecule has 0 aromatic carbocycles. The van der Waals surface area contributed by atoms with Crippen molar-refractivity contribution in [3.63, 3.8) is 0 Å². The average Bonchev–Trinajstić information content (AvgIpc) is 2.50. The maximum atomic E-state index is 7.69. The number of hydrogen-bond acceptors (Lipinski definition) is 2. The number of aliphatic imine (C=N–C) groups is 2. The highest BCUT2D eigenvalue weighted by Crippen LogP contribution is 2.07. The molecular formula is C15H32N10. The standard InChI is InChI=1S/C15H32N10/c1-11(8-10-25(3)15(21)23-13(18)19)7-5-4-6-9-24(2)14(20)22-12(16)17/h5,7,11H,4,6,8-10H2,1-3H3,(H5,16,17,20,22)(H5,18,19,21,23)/b7-5-. The Hall–Kier alpha value is -2.78.